The first-order valence-corrected chi connectivity index (χ1v) is 6.68. The summed E-state index contributed by atoms with van der Waals surface area (Å²) >= 11 is 0. The van der Waals surface area contributed by atoms with E-state index in [2.05, 4.69) is 10.1 Å². The standard InChI is InChI=1S/C15H9F6N3/c1-8-6-13-22-11(9-2-4-10(16)5-3-9)7-12(24(13)23-8)14(17,18)15(19,20)21/h2-7H,1H3. The lowest BCUT2D eigenvalue weighted by molar-refractivity contribution is -0.291. The fraction of sp³-hybridized carbons (Fsp3) is 0.200. The molecule has 9 heteroatoms. The van der Waals surface area contributed by atoms with Gasteiger partial charge in [0.1, 0.15) is 11.5 Å². The molecule has 0 bridgehead atoms. The van der Waals surface area contributed by atoms with Gasteiger partial charge in [0.15, 0.2) is 5.65 Å². The molecule has 0 saturated carbocycles. The molecule has 2 aromatic heterocycles. The van der Waals surface area contributed by atoms with Crippen LogP contribution in [0, 0.1) is 12.7 Å². The van der Waals surface area contributed by atoms with Crippen molar-refractivity contribution >= 4 is 5.65 Å². The Morgan fingerprint density at radius 3 is 2.17 bits per heavy atom. The van der Waals surface area contributed by atoms with Gasteiger partial charge < -0.3 is 0 Å². The summed E-state index contributed by atoms with van der Waals surface area (Å²) in [6.45, 7) is 1.45. The highest BCUT2D eigenvalue weighted by Gasteiger charge is 2.60. The van der Waals surface area contributed by atoms with Crippen LogP contribution in [0.25, 0.3) is 16.9 Å². The Morgan fingerprint density at radius 1 is 0.958 bits per heavy atom. The van der Waals surface area contributed by atoms with E-state index in [1.165, 1.54) is 25.1 Å². The predicted octanol–water partition coefficient (Wildman–Crippen LogP) is 4.50. The van der Waals surface area contributed by atoms with Crippen LogP contribution in [0.5, 0.6) is 0 Å². The van der Waals surface area contributed by atoms with E-state index >= 15 is 0 Å². The van der Waals surface area contributed by atoms with Gasteiger partial charge in [0.05, 0.1) is 11.4 Å². The smallest absolute Gasteiger partial charge is 0.229 e. The molecule has 0 atom stereocenters. The number of hydrogen-bond acceptors (Lipinski definition) is 2. The minimum atomic E-state index is -5.79. The third-order valence-corrected chi connectivity index (χ3v) is 3.37. The quantitative estimate of drug-likeness (QED) is 0.640. The van der Waals surface area contributed by atoms with Gasteiger partial charge in [0.25, 0.3) is 0 Å². The topological polar surface area (TPSA) is 30.2 Å². The average Bonchev–Trinajstić information content (AvgIpc) is 2.85. The molecule has 0 aliphatic heterocycles. The van der Waals surface area contributed by atoms with Gasteiger partial charge in [0, 0.05) is 11.6 Å². The molecule has 126 valence electrons. The normalized spacial score (nSPS) is 12.8. The van der Waals surface area contributed by atoms with Crippen molar-refractivity contribution in [2.24, 2.45) is 0 Å². The highest BCUT2D eigenvalue weighted by Crippen LogP contribution is 2.44. The van der Waals surface area contributed by atoms with Crippen LogP contribution in [-0.2, 0) is 5.92 Å². The molecule has 0 aliphatic carbocycles. The molecule has 0 radical (unpaired) electrons. The van der Waals surface area contributed by atoms with E-state index in [1.807, 2.05) is 0 Å². The van der Waals surface area contributed by atoms with Crippen LogP contribution in [0.15, 0.2) is 36.4 Å². The third-order valence-electron chi connectivity index (χ3n) is 3.37. The molecule has 2 heterocycles. The number of aromatic nitrogens is 3. The zero-order chi connectivity index (χ0) is 17.7. The summed E-state index contributed by atoms with van der Waals surface area (Å²) in [5.41, 5.74) is -1.21. The van der Waals surface area contributed by atoms with Crippen molar-refractivity contribution in [3.63, 3.8) is 0 Å². The molecule has 0 N–H and O–H groups in total. The first-order valence-electron chi connectivity index (χ1n) is 6.68. The summed E-state index contributed by atoms with van der Waals surface area (Å²) in [4.78, 5) is 4.03. The minimum absolute atomic E-state index is 0.138. The number of hydrogen-bond donors (Lipinski definition) is 0. The summed E-state index contributed by atoms with van der Waals surface area (Å²) in [7, 11) is 0. The van der Waals surface area contributed by atoms with E-state index in [-0.39, 0.29) is 22.6 Å². The Labute approximate surface area is 131 Å². The van der Waals surface area contributed by atoms with Crippen molar-refractivity contribution < 1.29 is 26.3 Å². The van der Waals surface area contributed by atoms with Crippen LogP contribution in [-0.4, -0.2) is 20.8 Å². The van der Waals surface area contributed by atoms with E-state index < -0.39 is 23.6 Å². The largest absolute Gasteiger partial charge is 0.459 e. The van der Waals surface area contributed by atoms with E-state index in [0.29, 0.717) is 10.6 Å². The van der Waals surface area contributed by atoms with Gasteiger partial charge in [-0.15, -0.1) is 0 Å². The number of aryl methyl sites for hydroxylation is 1. The monoisotopic (exact) mass is 345 g/mol. The van der Waals surface area contributed by atoms with Crippen molar-refractivity contribution in [1.82, 2.24) is 14.6 Å². The molecule has 0 amide bonds. The van der Waals surface area contributed by atoms with Gasteiger partial charge in [-0.1, -0.05) is 0 Å². The zero-order valence-electron chi connectivity index (χ0n) is 12.1. The Morgan fingerprint density at radius 2 is 1.58 bits per heavy atom. The second kappa shape index (κ2) is 5.22. The lowest BCUT2D eigenvalue weighted by Gasteiger charge is -2.21. The molecule has 1 aromatic carbocycles. The van der Waals surface area contributed by atoms with Gasteiger partial charge in [0.2, 0.25) is 0 Å². The average molecular weight is 345 g/mol. The molecule has 24 heavy (non-hydrogen) atoms. The second-order valence-corrected chi connectivity index (χ2v) is 5.16. The zero-order valence-corrected chi connectivity index (χ0v) is 12.1. The summed E-state index contributed by atoms with van der Waals surface area (Å²) in [6, 6.07) is 6.50. The molecular weight excluding hydrogens is 336 g/mol. The van der Waals surface area contributed by atoms with Crippen molar-refractivity contribution in [3.8, 4) is 11.3 Å². The van der Waals surface area contributed by atoms with Crippen LogP contribution in [0.1, 0.15) is 11.4 Å². The molecule has 0 aliphatic rings. The van der Waals surface area contributed by atoms with Crippen LogP contribution in [0.2, 0.25) is 0 Å². The first-order chi connectivity index (χ1) is 11.1. The Balaban J connectivity index is 2.29. The summed E-state index contributed by atoms with van der Waals surface area (Å²) in [6.07, 6.45) is -5.79. The van der Waals surface area contributed by atoms with E-state index in [0.717, 1.165) is 12.1 Å². The molecule has 3 nitrogen and oxygen atoms in total. The van der Waals surface area contributed by atoms with E-state index in [4.69, 9.17) is 0 Å². The van der Waals surface area contributed by atoms with Crippen molar-refractivity contribution in [2.45, 2.75) is 19.0 Å². The second-order valence-electron chi connectivity index (χ2n) is 5.16. The van der Waals surface area contributed by atoms with Crippen molar-refractivity contribution in [1.29, 1.82) is 0 Å². The van der Waals surface area contributed by atoms with Gasteiger partial charge in [-0.3, -0.25) is 0 Å². The van der Waals surface area contributed by atoms with Crippen LogP contribution >= 0.6 is 0 Å². The maximum absolute atomic E-state index is 13.9. The summed E-state index contributed by atoms with van der Waals surface area (Å²) < 4.78 is 79.6. The molecular formula is C15H9F6N3. The molecule has 0 spiro atoms. The molecule has 3 rings (SSSR count). The van der Waals surface area contributed by atoms with E-state index in [1.54, 1.807) is 0 Å². The number of alkyl halides is 5. The number of halogens is 6. The lowest BCUT2D eigenvalue weighted by atomic mass is 10.1. The van der Waals surface area contributed by atoms with Crippen LogP contribution < -0.4 is 0 Å². The van der Waals surface area contributed by atoms with Crippen LogP contribution in [0.4, 0.5) is 26.3 Å². The first kappa shape index (κ1) is 16.3. The number of fused-ring (bicyclic) bond motifs is 1. The Hall–Kier alpha value is -2.58. The third kappa shape index (κ3) is 2.59. The maximum Gasteiger partial charge on any atom is 0.459 e. The Kier molecular flexibility index (Phi) is 3.54. The van der Waals surface area contributed by atoms with Gasteiger partial charge in [-0.25, -0.2) is 13.9 Å². The van der Waals surface area contributed by atoms with Gasteiger partial charge >= 0.3 is 12.1 Å². The SMILES string of the molecule is Cc1cc2nc(-c3ccc(F)cc3)cc(C(F)(F)C(F)(F)F)n2n1. The molecule has 0 fully saturated rings. The van der Waals surface area contributed by atoms with Gasteiger partial charge in [-0.05, 0) is 37.3 Å². The van der Waals surface area contributed by atoms with E-state index in [9.17, 15) is 26.3 Å². The van der Waals surface area contributed by atoms with Crippen molar-refractivity contribution in [2.75, 3.05) is 0 Å². The number of nitrogens with zero attached hydrogens (tertiary/aromatic N) is 3. The molecule has 0 saturated heterocycles. The minimum Gasteiger partial charge on any atom is -0.229 e. The lowest BCUT2D eigenvalue weighted by Crippen LogP contribution is -2.35. The fourth-order valence-corrected chi connectivity index (χ4v) is 2.23. The number of benzene rings is 1. The van der Waals surface area contributed by atoms with Crippen molar-refractivity contribution in [3.05, 3.63) is 53.6 Å². The van der Waals surface area contributed by atoms with Crippen LogP contribution in [0.3, 0.4) is 0 Å². The summed E-state index contributed by atoms with van der Waals surface area (Å²) in [5.74, 6) is -5.69. The number of rotatable bonds is 2. The highest BCUT2D eigenvalue weighted by atomic mass is 19.4. The maximum atomic E-state index is 13.9. The highest BCUT2D eigenvalue weighted by molar-refractivity contribution is 5.63. The van der Waals surface area contributed by atoms with Gasteiger partial charge in [-0.2, -0.15) is 27.1 Å². The Bertz CT molecular complexity index is 896. The predicted molar refractivity (Wildman–Crippen MR) is 73.1 cm³/mol. The summed E-state index contributed by atoms with van der Waals surface area (Å²) in [5, 5.41) is 3.66. The molecule has 0 unspecified atom stereocenters. The molecule has 3 aromatic rings. The fourth-order valence-electron chi connectivity index (χ4n) is 2.23.